The normalized spacial score (nSPS) is 7.95. The fourth-order valence-corrected chi connectivity index (χ4v) is 0.780. The minimum Gasteiger partial charge on any atom is -0.493 e. The molecular weight excluding hydrogens is 264 g/mol. The molecule has 0 aliphatic rings. The van der Waals surface area contributed by atoms with E-state index in [-0.39, 0.29) is 13.2 Å². The summed E-state index contributed by atoms with van der Waals surface area (Å²) in [5.74, 6) is 1.55. The van der Waals surface area contributed by atoms with Gasteiger partial charge in [-0.2, -0.15) is 0 Å². The van der Waals surface area contributed by atoms with E-state index in [0.717, 1.165) is 12.4 Å². The number of allylic oxidation sites excluding steroid dienone is 2. The molecule has 0 fully saturated rings. The van der Waals surface area contributed by atoms with Gasteiger partial charge in [-0.1, -0.05) is 44.2 Å². The standard InChI is InChI=1S/C10H14O.2C3H6.C2H6O2/c1-9(2)8-11-10-6-4-3-5-7-10;2*1-3-2;3-1-2-4/h3-7,9H,8H2,1-2H3;2*3H,1H2,2H3;3-4H,1-2H2. The second-order valence-corrected chi connectivity index (χ2v) is 4.28. The SMILES string of the molecule is C=CC.C=CC.CC(C)COc1ccccc1.OCCO. The monoisotopic (exact) mass is 296 g/mol. The fraction of sp³-hybridized carbons (Fsp3) is 0.444. The summed E-state index contributed by atoms with van der Waals surface area (Å²) < 4.78 is 5.47. The molecule has 0 saturated carbocycles. The maximum absolute atomic E-state index is 7.62. The smallest absolute Gasteiger partial charge is 0.119 e. The van der Waals surface area contributed by atoms with Gasteiger partial charge in [-0.3, -0.25) is 0 Å². The van der Waals surface area contributed by atoms with Crippen LogP contribution in [0.5, 0.6) is 5.75 Å². The van der Waals surface area contributed by atoms with Crippen LogP contribution in [-0.2, 0) is 0 Å². The molecule has 122 valence electrons. The molecular formula is C18H32O3. The second kappa shape index (κ2) is 23.5. The van der Waals surface area contributed by atoms with Crippen molar-refractivity contribution in [1.82, 2.24) is 0 Å². The van der Waals surface area contributed by atoms with Crippen molar-refractivity contribution in [2.45, 2.75) is 27.7 Å². The van der Waals surface area contributed by atoms with E-state index in [1.54, 1.807) is 12.2 Å². The Balaban J connectivity index is -0.000000270. The fourth-order valence-electron chi connectivity index (χ4n) is 0.780. The van der Waals surface area contributed by atoms with E-state index in [0.29, 0.717) is 5.92 Å². The third-order valence-electron chi connectivity index (χ3n) is 1.43. The number of hydrogen-bond acceptors (Lipinski definition) is 3. The minimum absolute atomic E-state index is 0.125. The summed E-state index contributed by atoms with van der Waals surface area (Å²) in [6.07, 6.45) is 3.50. The van der Waals surface area contributed by atoms with Crippen molar-refractivity contribution in [3.05, 3.63) is 55.6 Å². The van der Waals surface area contributed by atoms with Crippen molar-refractivity contribution in [2.75, 3.05) is 19.8 Å². The molecule has 3 nitrogen and oxygen atoms in total. The molecule has 21 heavy (non-hydrogen) atoms. The molecule has 0 aromatic heterocycles. The highest BCUT2D eigenvalue weighted by molar-refractivity contribution is 5.20. The third kappa shape index (κ3) is 32.2. The van der Waals surface area contributed by atoms with E-state index >= 15 is 0 Å². The summed E-state index contributed by atoms with van der Waals surface area (Å²) in [5, 5.41) is 15.2. The number of benzene rings is 1. The van der Waals surface area contributed by atoms with Crippen LogP contribution >= 0.6 is 0 Å². The van der Waals surface area contributed by atoms with Gasteiger partial charge in [0.2, 0.25) is 0 Å². The molecule has 3 heteroatoms. The summed E-state index contributed by atoms with van der Waals surface area (Å²) in [6, 6.07) is 9.90. The minimum atomic E-state index is -0.125. The molecule has 0 saturated heterocycles. The maximum Gasteiger partial charge on any atom is 0.119 e. The molecule has 0 aliphatic carbocycles. The van der Waals surface area contributed by atoms with Crippen LogP contribution in [0.25, 0.3) is 0 Å². The Morgan fingerprint density at radius 1 is 1.00 bits per heavy atom. The molecule has 0 atom stereocenters. The predicted octanol–water partition coefficient (Wildman–Crippen LogP) is 4.08. The van der Waals surface area contributed by atoms with Gasteiger partial charge in [0.05, 0.1) is 19.8 Å². The maximum atomic E-state index is 7.62. The van der Waals surface area contributed by atoms with Gasteiger partial charge in [0.15, 0.2) is 0 Å². The number of aliphatic hydroxyl groups excluding tert-OH is 2. The van der Waals surface area contributed by atoms with Gasteiger partial charge in [0.25, 0.3) is 0 Å². The average molecular weight is 296 g/mol. The molecule has 1 aromatic carbocycles. The van der Waals surface area contributed by atoms with Gasteiger partial charge in [0.1, 0.15) is 5.75 Å². The first-order valence-corrected chi connectivity index (χ1v) is 7.07. The summed E-state index contributed by atoms with van der Waals surface area (Å²) in [6.45, 7) is 15.3. The van der Waals surface area contributed by atoms with Crippen LogP contribution in [0.2, 0.25) is 0 Å². The highest BCUT2D eigenvalue weighted by Gasteiger charge is 1.94. The third-order valence-corrected chi connectivity index (χ3v) is 1.43. The Hall–Kier alpha value is -1.58. The van der Waals surface area contributed by atoms with Crippen LogP contribution in [0.15, 0.2) is 55.6 Å². The molecule has 2 N–H and O–H groups in total. The number of para-hydroxylation sites is 1. The zero-order valence-corrected chi connectivity index (χ0v) is 14.0. The van der Waals surface area contributed by atoms with Crippen LogP contribution in [-0.4, -0.2) is 30.0 Å². The first-order valence-electron chi connectivity index (χ1n) is 7.07. The average Bonchev–Trinajstić information content (AvgIpc) is 2.48. The summed E-state index contributed by atoms with van der Waals surface area (Å²) in [5.41, 5.74) is 0. The first kappa shape index (κ1) is 24.4. The molecule has 1 aromatic rings. The number of aliphatic hydroxyl groups is 2. The second-order valence-electron chi connectivity index (χ2n) is 4.28. The van der Waals surface area contributed by atoms with Crippen molar-refractivity contribution >= 4 is 0 Å². The molecule has 0 spiro atoms. The molecule has 0 bridgehead atoms. The van der Waals surface area contributed by atoms with E-state index in [9.17, 15) is 0 Å². The van der Waals surface area contributed by atoms with Crippen LogP contribution in [0.4, 0.5) is 0 Å². The predicted molar refractivity (Wildman–Crippen MR) is 92.7 cm³/mol. The highest BCUT2D eigenvalue weighted by Crippen LogP contribution is 2.09. The van der Waals surface area contributed by atoms with E-state index in [1.165, 1.54) is 0 Å². The lowest BCUT2D eigenvalue weighted by molar-refractivity contribution is 0.186. The van der Waals surface area contributed by atoms with E-state index in [1.807, 2.05) is 44.2 Å². The largest absolute Gasteiger partial charge is 0.493 e. The summed E-state index contributed by atoms with van der Waals surface area (Å²) in [4.78, 5) is 0. The number of ether oxygens (including phenoxy) is 1. The number of rotatable bonds is 4. The van der Waals surface area contributed by atoms with Gasteiger partial charge in [0, 0.05) is 0 Å². The van der Waals surface area contributed by atoms with Crippen molar-refractivity contribution < 1.29 is 14.9 Å². The first-order chi connectivity index (χ1) is 10.0. The van der Waals surface area contributed by atoms with Gasteiger partial charge in [-0.05, 0) is 31.9 Å². The Morgan fingerprint density at radius 3 is 1.67 bits per heavy atom. The summed E-state index contributed by atoms with van der Waals surface area (Å²) >= 11 is 0. The van der Waals surface area contributed by atoms with Gasteiger partial charge < -0.3 is 14.9 Å². The molecule has 1 rings (SSSR count). The molecule has 0 aliphatic heterocycles. The van der Waals surface area contributed by atoms with Crippen LogP contribution in [0.3, 0.4) is 0 Å². The van der Waals surface area contributed by atoms with Crippen molar-refractivity contribution in [1.29, 1.82) is 0 Å². The molecule has 0 unspecified atom stereocenters. The van der Waals surface area contributed by atoms with Crippen molar-refractivity contribution in [3.63, 3.8) is 0 Å². The van der Waals surface area contributed by atoms with E-state index < -0.39 is 0 Å². The number of hydrogen-bond donors (Lipinski definition) is 2. The Bertz CT molecular complexity index is 287. The highest BCUT2D eigenvalue weighted by atomic mass is 16.5. The van der Waals surface area contributed by atoms with Crippen LogP contribution in [0.1, 0.15) is 27.7 Å². The zero-order valence-electron chi connectivity index (χ0n) is 14.0. The zero-order chi connectivity index (χ0) is 16.9. The van der Waals surface area contributed by atoms with Crippen LogP contribution < -0.4 is 4.74 Å². The van der Waals surface area contributed by atoms with Crippen molar-refractivity contribution in [3.8, 4) is 5.75 Å². The van der Waals surface area contributed by atoms with Gasteiger partial charge >= 0.3 is 0 Å². The van der Waals surface area contributed by atoms with Gasteiger partial charge in [-0.15, -0.1) is 13.2 Å². The van der Waals surface area contributed by atoms with E-state index in [2.05, 4.69) is 27.0 Å². The van der Waals surface area contributed by atoms with Gasteiger partial charge in [-0.25, -0.2) is 0 Å². The Morgan fingerprint density at radius 2 is 1.38 bits per heavy atom. The summed E-state index contributed by atoms with van der Waals surface area (Å²) in [7, 11) is 0. The Labute approximate surface area is 130 Å². The molecule has 0 heterocycles. The van der Waals surface area contributed by atoms with Crippen LogP contribution in [0, 0.1) is 5.92 Å². The molecule has 0 amide bonds. The lowest BCUT2D eigenvalue weighted by Crippen LogP contribution is -2.03. The van der Waals surface area contributed by atoms with Crippen molar-refractivity contribution in [2.24, 2.45) is 5.92 Å². The topological polar surface area (TPSA) is 49.7 Å². The quantitative estimate of drug-likeness (QED) is 0.823. The van der Waals surface area contributed by atoms with E-state index in [4.69, 9.17) is 14.9 Å². The lowest BCUT2D eigenvalue weighted by atomic mass is 10.2. The lowest BCUT2D eigenvalue weighted by Gasteiger charge is -2.07. The Kier molecular flexibility index (Phi) is 27.4. The molecule has 0 radical (unpaired) electrons.